The maximum atomic E-state index is 14.8. The molecule has 1 aromatic carbocycles. The van der Waals surface area contributed by atoms with Crippen LogP contribution in [0.1, 0.15) is 6.42 Å². The first kappa shape index (κ1) is 20.9. The molecule has 1 aromatic rings. The first-order chi connectivity index (χ1) is 14.9. The van der Waals surface area contributed by atoms with Crippen molar-refractivity contribution in [2.75, 3.05) is 13.7 Å². The average Bonchev–Trinajstić information content (AvgIpc) is 3.10. The first-order valence-electron chi connectivity index (χ1n) is 9.54. The van der Waals surface area contributed by atoms with E-state index in [4.69, 9.17) is 16.3 Å². The zero-order valence-electron chi connectivity index (χ0n) is 16.7. The Bertz CT molecular complexity index is 1120. The molecule has 9 heteroatoms. The maximum absolute atomic E-state index is 14.8. The molecular weight excluding hydrogens is 423 g/mol. The van der Waals surface area contributed by atoms with Gasteiger partial charge in [-0.05, 0) is 24.6 Å². The number of methoxy groups -OCH3 is 1. The largest absolute Gasteiger partial charge is 0.493 e. The maximum Gasteiger partial charge on any atom is 0.255 e. The summed E-state index contributed by atoms with van der Waals surface area (Å²) >= 11 is 6.23. The number of hydrogen-bond acceptors (Lipinski definition) is 6. The van der Waals surface area contributed by atoms with Crippen LogP contribution >= 0.6 is 11.6 Å². The molecule has 3 heterocycles. The van der Waals surface area contributed by atoms with E-state index in [9.17, 15) is 14.4 Å². The van der Waals surface area contributed by atoms with Crippen LogP contribution in [0.25, 0.3) is 0 Å². The smallest absolute Gasteiger partial charge is 0.255 e. The van der Waals surface area contributed by atoms with E-state index in [1.54, 1.807) is 24.3 Å². The minimum atomic E-state index is -0.682. The van der Waals surface area contributed by atoms with E-state index in [2.05, 4.69) is 22.2 Å². The topological polar surface area (TPSA) is 86.2 Å². The Morgan fingerprint density at radius 1 is 1.48 bits per heavy atom. The van der Waals surface area contributed by atoms with Gasteiger partial charge in [0.1, 0.15) is 11.4 Å². The number of ether oxygens (including phenoxy) is 1. The van der Waals surface area contributed by atoms with E-state index < -0.39 is 5.83 Å². The van der Waals surface area contributed by atoms with E-state index in [1.165, 1.54) is 19.4 Å². The molecule has 7 nitrogen and oxygen atoms in total. The van der Waals surface area contributed by atoms with Crippen molar-refractivity contribution in [3.63, 3.8) is 0 Å². The molecule has 3 N–H and O–H groups in total. The van der Waals surface area contributed by atoms with Gasteiger partial charge in [-0.2, -0.15) is 0 Å². The molecule has 160 valence electrons. The normalized spacial score (nSPS) is 24.1. The van der Waals surface area contributed by atoms with Gasteiger partial charge in [0.15, 0.2) is 11.6 Å². The summed E-state index contributed by atoms with van der Waals surface area (Å²) in [4.78, 5) is 17.5. The molecule has 3 aliphatic rings. The van der Waals surface area contributed by atoms with Gasteiger partial charge in [-0.3, -0.25) is 10.0 Å². The van der Waals surface area contributed by atoms with E-state index in [1.807, 2.05) is 0 Å². The fourth-order valence-electron chi connectivity index (χ4n) is 3.73. The molecule has 0 aromatic heterocycles. The average molecular weight is 443 g/mol. The monoisotopic (exact) mass is 442 g/mol. The molecule has 0 fully saturated rings. The van der Waals surface area contributed by atoms with E-state index in [0.29, 0.717) is 51.5 Å². The van der Waals surface area contributed by atoms with Crippen molar-refractivity contribution < 1.29 is 19.1 Å². The highest BCUT2D eigenvalue weighted by Crippen LogP contribution is 2.39. The van der Waals surface area contributed by atoms with Crippen LogP contribution in [0.2, 0.25) is 5.02 Å². The Labute approximate surface area is 183 Å². The van der Waals surface area contributed by atoms with Crippen LogP contribution in [-0.4, -0.2) is 35.5 Å². The molecule has 0 spiro atoms. The SMILES string of the molecule is C=CC[C@H]1CNC(=O)C2=C1NC(=C1C=CN(O)C=C1F)C2=Nc1cccc(Cl)c1OC. The van der Waals surface area contributed by atoms with Gasteiger partial charge >= 0.3 is 0 Å². The van der Waals surface area contributed by atoms with Gasteiger partial charge in [0.05, 0.1) is 29.6 Å². The van der Waals surface area contributed by atoms with Crippen molar-refractivity contribution in [3.05, 3.63) is 82.7 Å². The second kappa shape index (κ2) is 8.41. The summed E-state index contributed by atoms with van der Waals surface area (Å²) in [5.41, 5.74) is 2.11. The lowest BCUT2D eigenvalue weighted by molar-refractivity contribution is -0.117. The van der Waals surface area contributed by atoms with Crippen LogP contribution in [0.4, 0.5) is 10.1 Å². The summed E-state index contributed by atoms with van der Waals surface area (Å²) in [5, 5.41) is 16.6. The van der Waals surface area contributed by atoms with Crippen molar-refractivity contribution in [2.24, 2.45) is 10.9 Å². The van der Waals surface area contributed by atoms with Crippen molar-refractivity contribution in [3.8, 4) is 5.75 Å². The molecule has 1 atom stereocenters. The number of aliphatic imine (C=N–C) groups is 1. The molecule has 3 aliphatic heterocycles. The van der Waals surface area contributed by atoms with Crippen LogP contribution in [0.15, 0.2) is 82.7 Å². The lowest BCUT2D eigenvalue weighted by atomic mass is 9.93. The highest BCUT2D eigenvalue weighted by atomic mass is 35.5. The molecule has 31 heavy (non-hydrogen) atoms. The summed E-state index contributed by atoms with van der Waals surface area (Å²) in [5.74, 6) is -0.723. The van der Waals surface area contributed by atoms with Crippen LogP contribution in [-0.2, 0) is 4.79 Å². The summed E-state index contributed by atoms with van der Waals surface area (Å²) < 4.78 is 20.1. The Morgan fingerprint density at radius 2 is 2.29 bits per heavy atom. The fourth-order valence-corrected chi connectivity index (χ4v) is 3.98. The molecule has 1 amide bonds. The number of hydroxylamine groups is 2. The number of halogens is 2. The third kappa shape index (κ3) is 3.75. The third-order valence-corrected chi connectivity index (χ3v) is 5.44. The molecule has 4 rings (SSSR count). The number of rotatable bonds is 4. The Hall–Kier alpha value is -3.36. The number of nitrogens with zero attached hydrogens (tertiary/aromatic N) is 2. The standard InChI is InChI=1S/C22H20ClFN4O3/c1-3-5-12-10-25-22(29)17-18(12)27-19(13-8-9-28(30)11-15(13)24)20(17)26-16-7-4-6-14(23)21(16)31-2/h3-4,6-9,11-12,27,30H,1,5,10H2,2H3,(H,25,29)/t12-/m0/s1. The zero-order valence-corrected chi connectivity index (χ0v) is 17.4. The first-order valence-corrected chi connectivity index (χ1v) is 9.92. The quantitative estimate of drug-likeness (QED) is 0.616. The number of benzene rings is 1. The molecule has 0 aliphatic carbocycles. The van der Waals surface area contributed by atoms with Gasteiger partial charge in [-0.15, -0.1) is 6.58 Å². The van der Waals surface area contributed by atoms with Crippen molar-refractivity contribution >= 4 is 28.9 Å². The summed E-state index contributed by atoms with van der Waals surface area (Å²) in [6, 6.07) is 5.07. The second-order valence-corrected chi connectivity index (χ2v) is 7.47. The number of carbonyl (C=O) groups excluding carboxylic acids is 1. The van der Waals surface area contributed by atoms with Crippen LogP contribution in [0.3, 0.4) is 0 Å². The minimum Gasteiger partial charge on any atom is -0.493 e. The highest BCUT2D eigenvalue weighted by Gasteiger charge is 2.39. The second-order valence-electron chi connectivity index (χ2n) is 7.06. The van der Waals surface area contributed by atoms with Crippen molar-refractivity contribution in [1.29, 1.82) is 0 Å². The molecular formula is C22H20ClFN4O3. The molecule has 0 saturated heterocycles. The third-order valence-electron chi connectivity index (χ3n) is 5.15. The zero-order chi connectivity index (χ0) is 22.1. The predicted molar refractivity (Wildman–Crippen MR) is 116 cm³/mol. The van der Waals surface area contributed by atoms with Gasteiger partial charge < -0.3 is 15.4 Å². The van der Waals surface area contributed by atoms with Crippen molar-refractivity contribution in [2.45, 2.75) is 6.42 Å². The van der Waals surface area contributed by atoms with Gasteiger partial charge in [0, 0.05) is 29.9 Å². The highest BCUT2D eigenvalue weighted by molar-refractivity contribution is 6.33. The van der Waals surface area contributed by atoms with Gasteiger partial charge in [-0.1, -0.05) is 23.7 Å². The van der Waals surface area contributed by atoms with Crippen LogP contribution < -0.4 is 15.4 Å². The lowest BCUT2D eigenvalue weighted by Gasteiger charge is -2.23. The van der Waals surface area contributed by atoms with Gasteiger partial charge in [0.25, 0.3) is 5.91 Å². The summed E-state index contributed by atoms with van der Waals surface area (Å²) in [6.07, 6.45) is 6.01. The van der Waals surface area contributed by atoms with Crippen LogP contribution in [0.5, 0.6) is 5.75 Å². The number of carbonyl (C=O) groups is 1. The molecule has 0 radical (unpaired) electrons. The number of hydrogen-bond donors (Lipinski definition) is 3. The van der Waals surface area contributed by atoms with Crippen LogP contribution in [0, 0.1) is 5.92 Å². The predicted octanol–water partition coefficient (Wildman–Crippen LogP) is 3.88. The number of allylic oxidation sites excluding steroid dienone is 5. The van der Waals surface area contributed by atoms with Crippen molar-refractivity contribution in [1.82, 2.24) is 15.7 Å². The molecule has 0 bridgehead atoms. The Kier molecular flexibility index (Phi) is 5.67. The summed E-state index contributed by atoms with van der Waals surface area (Å²) in [7, 11) is 1.47. The lowest BCUT2D eigenvalue weighted by Crippen LogP contribution is -2.39. The number of amides is 1. The van der Waals surface area contributed by atoms with Gasteiger partial charge in [0.2, 0.25) is 0 Å². The van der Waals surface area contributed by atoms with E-state index >= 15 is 0 Å². The Balaban J connectivity index is 1.95. The van der Waals surface area contributed by atoms with Gasteiger partial charge in [-0.25, -0.2) is 14.4 Å². The molecule has 0 saturated carbocycles. The Morgan fingerprint density at radius 3 is 3.00 bits per heavy atom. The summed E-state index contributed by atoms with van der Waals surface area (Å²) in [6.45, 7) is 4.21. The number of para-hydroxylation sites is 1. The minimum absolute atomic E-state index is 0.0660. The van der Waals surface area contributed by atoms with E-state index in [-0.39, 0.29) is 23.1 Å². The number of nitrogens with one attached hydrogen (secondary N) is 2. The molecule has 0 unspecified atom stereocenters. The fraction of sp³-hybridized carbons (Fsp3) is 0.182. The van der Waals surface area contributed by atoms with E-state index in [0.717, 1.165) is 6.20 Å².